The van der Waals surface area contributed by atoms with Crippen LogP contribution in [0.25, 0.3) is 0 Å². The molecule has 0 heterocycles. The Kier molecular flexibility index (Phi) is 11.0. The molecular weight excluding hydrogens is 609 g/mol. The number of halogens is 2. The first-order valence-electron chi connectivity index (χ1n) is 14.3. The predicted molar refractivity (Wildman–Crippen MR) is 170 cm³/mol. The van der Waals surface area contributed by atoms with Crippen molar-refractivity contribution in [1.82, 2.24) is 10.2 Å². The van der Waals surface area contributed by atoms with Crippen LogP contribution in [0.1, 0.15) is 50.2 Å². The Morgan fingerprint density at radius 1 is 1.00 bits per heavy atom. The number of hydrogen-bond acceptors (Lipinski definition) is 5. The van der Waals surface area contributed by atoms with Crippen LogP contribution in [-0.2, 0) is 26.2 Å². The van der Waals surface area contributed by atoms with Crippen molar-refractivity contribution in [3.05, 3.63) is 87.9 Å². The van der Waals surface area contributed by atoms with Crippen LogP contribution in [0.15, 0.2) is 71.6 Å². The zero-order chi connectivity index (χ0) is 31.1. The number of nitrogens with one attached hydrogen (secondary N) is 1. The van der Waals surface area contributed by atoms with Crippen LogP contribution in [0.3, 0.4) is 0 Å². The second-order valence-corrected chi connectivity index (χ2v) is 13.5. The second-order valence-electron chi connectivity index (χ2n) is 10.8. The Hall–Kier alpha value is -3.27. The smallest absolute Gasteiger partial charge is 0.264 e. The molecule has 3 aromatic rings. The van der Waals surface area contributed by atoms with Gasteiger partial charge in [-0.1, -0.05) is 78.4 Å². The molecule has 0 aliphatic heterocycles. The van der Waals surface area contributed by atoms with E-state index in [1.165, 1.54) is 30.2 Å². The van der Waals surface area contributed by atoms with Gasteiger partial charge in [0.2, 0.25) is 11.8 Å². The normalized spacial score (nSPS) is 14.5. The lowest BCUT2D eigenvalue weighted by Crippen LogP contribution is -2.53. The minimum absolute atomic E-state index is 0.00284. The first-order chi connectivity index (χ1) is 20.5. The molecule has 0 aromatic heterocycles. The van der Waals surface area contributed by atoms with Gasteiger partial charge in [0.15, 0.2) is 0 Å². The zero-order valence-corrected chi connectivity index (χ0v) is 26.9. The molecule has 0 unspecified atom stereocenters. The van der Waals surface area contributed by atoms with Gasteiger partial charge in [0.1, 0.15) is 18.3 Å². The molecule has 1 saturated carbocycles. The van der Waals surface area contributed by atoms with Crippen molar-refractivity contribution < 1.29 is 22.7 Å². The van der Waals surface area contributed by atoms with E-state index in [0.29, 0.717) is 10.6 Å². The quantitative estimate of drug-likeness (QED) is 0.261. The second kappa shape index (κ2) is 14.5. The summed E-state index contributed by atoms with van der Waals surface area (Å²) in [7, 11) is -2.87. The van der Waals surface area contributed by atoms with Gasteiger partial charge in [-0.15, -0.1) is 0 Å². The van der Waals surface area contributed by atoms with Crippen LogP contribution in [0.5, 0.6) is 5.75 Å². The lowest BCUT2D eigenvalue weighted by atomic mass is 9.95. The highest BCUT2D eigenvalue weighted by atomic mass is 35.5. The highest BCUT2D eigenvalue weighted by molar-refractivity contribution is 7.92. The molecule has 4 rings (SSSR count). The van der Waals surface area contributed by atoms with Gasteiger partial charge in [0.25, 0.3) is 10.0 Å². The molecule has 1 atom stereocenters. The number of sulfonamides is 1. The summed E-state index contributed by atoms with van der Waals surface area (Å²) in [6, 6.07) is 17.1. The van der Waals surface area contributed by atoms with E-state index in [-0.39, 0.29) is 39.8 Å². The molecule has 11 heteroatoms. The van der Waals surface area contributed by atoms with Gasteiger partial charge in [-0.05, 0) is 68.7 Å². The van der Waals surface area contributed by atoms with Crippen LogP contribution in [-0.4, -0.2) is 50.9 Å². The van der Waals surface area contributed by atoms with E-state index in [1.54, 1.807) is 55.5 Å². The minimum atomic E-state index is -4.28. The highest BCUT2D eigenvalue weighted by Crippen LogP contribution is 2.35. The average molecular weight is 647 g/mol. The summed E-state index contributed by atoms with van der Waals surface area (Å²) in [6.45, 7) is 2.89. The first kappa shape index (κ1) is 32.6. The van der Waals surface area contributed by atoms with E-state index in [1.807, 2.05) is 6.92 Å². The topological polar surface area (TPSA) is 96.0 Å². The van der Waals surface area contributed by atoms with Gasteiger partial charge in [-0.2, -0.15) is 0 Å². The van der Waals surface area contributed by atoms with E-state index >= 15 is 0 Å². The number of amides is 2. The van der Waals surface area contributed by atoms with Gasteiger partial charge in [0.05, 0.1) is 17.7 Å². The number of rotatable bonds is 11. The molecule has 1 N–H and O–H groups in total. The standard InChI is InChI=1S/C32H37Cl2N3O5S/c1-22-13-16-27(17-14-22)43(40,41)37(29-19-25(33)15-18-30(29)42-3)21-31(38)36(20-24-9-7-8-12-28(24)34)23(2)32(39)35-26-10-5-4-6-11-26/h7-9,12-19,23,26H,4-6,10-11,20-21H2,1-3H3,(H,35,39)/t23-/m0/s1. The molecule has 0 bridgehead atoms. The largest absolute Gasteiger partial charge is 0.495 e. The van der Waals surface area contributed by atoms with Crippen molar-refractivity contribution in [3.8, 4) is 5.75 Å². The number of anilines is 1. The third-order valence-corrected chi connectivity index (χ3v) is 10.1. The maximum absolute atomic E-state index is 14.2. The van der Waals surface area contributed by atoms with Crippen LogP contribution in [0.2, 0.25) is 10.0 Å². The average Bonchev–Trinajstić information content (AvgIpc) is 2.99. The SMILES string of the molecule is COc1ccc(Cl)cc1N(CC(=O)N(Cc1ccccc1Cl)[C@@H](C)C(=O)NC1CCCCC1)S(=O)(=O)c1ccc(C)cc1. The molecule has 1 fully saturated rings. The molecule has 1 aliphatic rings. The molecule has 8 nitrogen and oxygen atoms in total. The third kappa shape index (κ3) is 8.02. The number of carbonyl (C=O) groups excluding carboxylic acids is 2. The van der Waals surface area contributed by atoms with E-state index < -0.39 is 28.5 Å². The van der Waals surface area contributed by atoms with Crippen molar-refractivity contribution in [2.24, 2.45) is 0 Å². The third-order valence-electron chi connectivity index (χ3n) is 7.71. The van der Waals surface area contributed by atoms with Crippen LogP contribution in [0, 0.1) is 6.92 Å². The number of methoxy groups -OCH3 is 1. The summed E-state index contributed by atoms with van der Waals surface area (Å²) in [4.78, 5) is 29.1. The molecule has 0 radical (unpaired) electrons. The van der Waals surface area contributed by atoms with Crippen LogP contribution < -0.4 is 14.4 Å². The van der Waals surface area contributed by atoms with Crippen LogP contribution >= 0.6 is 23.2 Å². The fraction of sp³-hybridized carbons (Fsp3) is 0.375. The number of aryl methyl sites for hydroxylation is 1. The van der Waals surface area contributed by atoms with Crippen molar-refractivity contribution in [2.45, 2.75) is 69.5 Å². The minimum Gasteiger partial charge on any atom is -0.495 e. The Bertz CT molecular complexity index is 1540. The monoisotopic (exact) mass is 645 g/mol. The molecule has 0 saturated heterocycles. The van der Waals surface area contributed by atoms with Gasteiger partial charge in [-0.3, -0.25) is 13.9 Å². The molecule has 230 valence electrons. The summed E-state index contributed by atoms with van der Waals surface area (Å²) in [5.74, 6) is -0.682. The van der Waals surface area contributed by atoms with E-state index in [4.69, 9.17) is 27.9 Å². The number of benzene rings is 3. The molecule has 0 spiro atoms. The summed E-state index contributed by atoms with van der Waals surface area (Å²) in [5.41, 5.74) is 1.61. The Balaban J connectivity index is 1.74. The number of hydrogen-bond donors (Lipinski definition) is 1. The predicted octanol–water partition coefficient (Wildman–Crippen LogP) is 6.37. The first-order valence-corrected chi connectivity index (χ1v) is 16.5. The maximum Gasteiger partial charge on any atom is 0.264 e. The van der Waals surface area contributed by atoms with Crippen LogP contribution in [0.4, 0.5) is 5.69 Å². The van der Waals surface area contributed by atoms with E-state index in [0.717, 1.165) is 42.0 Å². The Labute approximate surface area is 264 Å². The number of carbonyl (C=O) groups is 2. The summed E-state index contributed by atoms with van der Waals surface area (Å²) < 4.78 is 34.7. The number of nitrogens with zero attached hydrogens (tertiary/aromatic N) is 2. The van der Waals surface area contributed by atoms with Crippen molar-refractivity contribution in [2.75, 3.05) is 18.0 Å². The maximum atomic E-state index is 14.2. The number of ether oxygens (including phenoxy) is 1. The van der Waals surface area contributed by atoms with E-state index in [9.17, 15) is 18.0 Å². The van der Waals surface area contributed by atoms with Gasteiger partial charge >= 0.3 is 0 Å². The molecule has 1 aliphatic carbocycles. The lowest BCUT2D eigenvalue weighted by molar-refractivity contribution is -0.139. The molecule has 2 amide bonds. The molecular formula is C32H37Cl2N3O5S. The Morgan fingerprint density at radius 3 is 2.33 bits per heavy atom. The lowest BCUT2D eigenvalue weighted by Gasteiger charge is -2.33. The van der Waals surface area contributed by atoms with Crippen molar-refractivity contribution >= 4 is 50.7 Å². The fourth-order valence-corrected chi connectivity index (χ4v) is 6.95. The van der Waals surface area contributed by atoms with Gasteiger partial charge in [0, 0.05) is 22.6 Å². The van der Waals surface area contributed by atoms with Gasteiger partial charge in [-0.25, -0.2) is 8.42 Å². The molecule has 3 aromatic carbocycles. The summed E-state index contributed by atoms with van der Waals surface area (Å²) in [5, 5.41) is 3.79. The van der Waals surface area contributed by atoms with Crippen molar-refractivity contribution in [3.63, 3.8) is 0 Å². The highest BCUT2D eigenvalue weighted by Gasteiger charge is 2.34. The Morgan fingerprint density at radius 2 is 1.67 bits per heavy atom. The van der Waals surface area contributed by atoms with Gasteiger partial charge < -0.3 is 15.0 Å². The fourth-order valence-electron chi connectivity index (χ4n) is 5.17. The molecule has 43 heavy (non-hydrogen) atoms. The summed E-state index contributed by atoms with van der Waals surface area (Å²) >= 11 is 12.8. The zero-order valence-electron chi connectivity index (χ0n) is 24.6. The summed E-state index contributed by atoms with van der Waals surface area (Å²) in [6.07, 6.45) is 4.98. The van der Waals surface area contributed by atoms with E-state index in [2.05, 4.69) is 5.32 Å². The van der Waals surface area contributed by atoms with Crippen molar-refractivity contribution in [1.29, 1.82) is 0 Å².